The molecule has 0 radical (unpaired) electrons. The maximum atomic E-state index is 6.87. The molecule has 1 rings (SSSR count). The summed E-state index contributed by atoms with van der Waals surface area (Å²) in [6, 6.07) is 9.19. The third-order valence-corrected chi connectivity index (χ3v) is 14.4. The van der Waals surface area contributed by atoms with Gasteiger partial charge in [-0.05, 0) is 0 Å². The molecule has 0 N–H and O–H groups in total. The van der Waals surface area contributed by atoms with Gasteiger partial charge in [-0.25, -0.2) is 0 Å². The summed E-state index contributed by atoms with van der Waals surface area (Å²) in [4.78, 5) is 0. The van der Waals surface area contributed by atoms with Gasteiger partial charge >= 0.3 is 155 Å². The topological polar surface area (TPSA) is 0 Å². The van der Waals surface area contributed by atoms with E-state index in [9.17, 15) is 0 Å². The second-order valence-electron chi connectivity index (χ2n) is 9.41. The Bertz CT molecular complexity index is 501. The normalized spacial score (nSPS) is 16.5. The molecule has 0 aliphatic carbocycles. The summed E-state index contributed by atoms with van der Waals surface area (Å²) in [6.07, 6.45) is 0. The molecule has 0 nitrogen and oxygen atoms in total. The van der Waals surface area contributed by atoms with Crippen molar-refractivity contribution in [2.75, 3.05) is 0 Å². The van der Waals surface area contributed by atoms with Crippen molar-refractivity contribution in [3.05, 3.63) is 29.8 Å². The monoisotopic (exact) mass is 433 g/mol. The van der Waals surface area contributed by atoms with E-state index in [-0.39, 0.29) is 19.3 Å². The zero-order valence-electron chi connectivity index (χ0n) is 15.6. The van der Waals surface area contributed by atoms with Crippen molar-refractivity contribution in [1.82, 2.24) is 0 Å². The van der Waals surface area contributed by atoms with Crippen LogP contribution in [0.2, 0.25) is 0 Å². The van der Waals surface area contributed by atoms with E-state index in [2.05, 4.69) is 106 Å². The number of halogens is 1. The Morgan fingerprint density at radius 3 is 1.68 bits per heavy atom. The molecule has 3 heteroatoms. The van der Waals surface area contributed by atoms with E-state index in [1.165, 1.54) is 10.9 Å². The molecular formula is C19H33ClPPd. The Morgan fingerprint density at radius 2 is 1.36 bits per heavy atom. The standard InChI is InChI=1S/C19H33ClP.Pd/c1-17(2,3)15-11-10-12-16(13-15)21(14-20,18(4,5)6)19(7,8)9;/h10-14,21H,1-9H3;. The number of hydrogen-bond acceptors (Lipinski definition) is 0. The van der Waals surface area contributed by atoms with Crippen molar-refractivity contribution in [3.63, 3.8) is 0 Å². The van der Waals surface area contributed by atoms with Gasteiger partial charge in [0.05, 0.1) is 0 Å². The Balaban J connectivity index is 3.75. The molecule has 131 valence electrons. The molecule has 0 aromatic heterocycles. The second kappa shape index (κ2) is 6.48. The van der Waals surface area contributed by atoms with E-state index < -0.39 is 7.26 Å². The van der Waals surface area contributed by atoms with E-state index in [1.54, 1.807) is 0 Å². The van der Waals surface area contributed by atoms with Crippen molar-refractivity contribution < 1.29 is 19.2 Å². The zero-order chi connectivity index (χ0) is 17.6. The van der Waals surface area contributed by atoms with Crippen molar-refractivity contribution in [2.45, 2.75) is 81.6 Å². The molecule has 1 unspecified atom stereocenters. The molecule has 0 aliphatic heterocycles. The first kappa shape index (κ1) is 20.6. The van der Waals surface area contributed by atoms with Crippen LogP contribution < -0.4 is 5.30 Å². The summed E-state index contributed by atoms with van der Waals surface area (Å²) in [7, 11) is -2.06. The van der Waals surface area contributed by atoms with Crippen molar-refractivity contribution in [1.29, 1.82) is 0 Å². The predicted molar refractivity (Wildman–Crippen MR) is 102 cm³/mol. The summed E-state index contributed by atoms with van der Waals surface area (Å²) < 4.78 is 0.0331. The first-order valence-corrected chi connectivity index (χ1v) is 11.4. The number of rotatable bonds is 2. The van der Waals surface area contributed by atoms with Crippen LogP contribution in [0, 0.1) is 0 Å². The average molecular weight is 434 g/mol. The molecule has 0 heterocycles. The maximum absolute atomic E-state index is 6.87. The van der Waals surface area contributed by atoms with Gasteiger partial charge in [0.15, 0.2) is 0 Å². The summed E-state index contributed by atoms with van der Waals surface area (Å²) in [5.41, 5.74) is 1.55. The third-order valence-electron chi connectivity index (χ3n) is 4.85. The van der Waals surface area contributed by atoms with Crippen LogP contribution in [0.5, 0.6) is 0 Å². The van der Waals surface area contributed by atoms with E-state index in [0.717, 1.165) is 0 Å². The van der Waals surface area contributed by atoms with Crippen LogP contribution in [-0.4, -0.2) is 13.9 Å². The van der Waals surface area contributed by atoms with Gasteiger partial charge in [-0.2, -0.15) is 0 Å². The first-order chi connectivity index (χ1) is 9.65. The second-order valence-corrected chi connectivity index (χ2v) is 18.2. The molecule has 0 aliphatic rings. The fourth-order valence-corrected chi connectivity index (χ4v) is 17.3. The van der Waals surface area contributed by atoms with Gasteiger partial charge in [-0.15, -0.1) is 0 Å². The Labute approximate surface area is 154 Å². The summed E-state index contributed by atoms with van der Waals surface area (Å²) in [5.74, 6) is 0. The molecule has 1 aromatic carbocycles. The molecule has 0 bridgehead atoms. The number of benzene rings is 1. The molecular weight excluding hydrogens is 401 g/mol. The van der Waals surface area contributed by atoms with Crippen LogP contribution in [0.25, 0.3) is 0 Å². The number of hydrogen-bond donors (Lipinski definition) is 0. The number of alkyl halides is 1. The van der Waals surface area contributed by atoms with E-state index in [1.807, 2.05) is 0 Å². The van der Waals surface area contributed by atoms with E-state index in [4.69, 9.17) is 11.6 Å². The van der Waals surface area contributed by atoms with Crippen LogP contribution in [0.1, 0.15) is 67.9 Å². The quantitative estimate of drug-likeness (QED) is 0.303. The predicted octanol–water partition coefficient (Wildman–Crippen LogP) is 6.03. The SMILES string of the molecule is CC(C)(C)c1cccc([PH]([CH](Cl)[Pd])(C(C)(C)C)C(C)(C)C)c1. The fourth-order valence-electron chi connectivity index (χ4n) is 3.94. The van der Waals surface area contributed by atoms with Gasteiger partial charge in [0.2, 0.25) is 0 Å². The van der Waals surface area contributed by atoms with Gasteiger partial charge in [0.1, 0.15) is 0 Å². The minimum atomic E-state index is -2.06. The Morgan fingerprint density at radius 1 is 0.909 bits per heavy atom. The Kier molecular flexibility index (Phi) is 6.09. The molecule has 1 aromatic rings. The van der Waals surface area contributed by atoms with E-state index in [0.29, 0.717) is 0 Å². The first-order valence-electron chi connectivity index (χ1n) is 8.01. The van der Waals surface area contributed by atoms with Gasteiger partial charge in [0, 0.05) is 0 Å². The van der Waals surface area contributed by atoms with Crippen LogP contribution in [0.15, 0.2) is 24.3 Å². The fraction of sp³-hybridized carbons (Fsp3) is 0.684. The summed E-state index contributed by atoms with van der Waals surface area (Å²) in [5, 5.41) is 1.78. The van der Waals surface area contributed by atoms with Crippen molar-refractivity contribution in [3.8, 4) is 0 Å². The minimum absolute atomic E-state index is 0.0331. The van der Waals surface area contributed by atoms with Crippen LogP contribution >= 0.6 is 18.9 Å². The molecule has 0 saturated heterocycles. The van der Waals surface area contributed by atoms with Gasteiger partial charge < -0.3 is 0 Å². The average Bonchev–Trinajstić information content (AvgIpc) is 2.24. The summed E-state index contributed by atoms with van der Waals surface area (Å²) in [6.45, 7) is 21.0. The van der Waals surface area contributed by atoms with Crippen molar-refractivity contribution >= 4 is 24.2 Å². The molecule has 1 atom stereocenters. The molecule has 22 heavy (non-hydrogen) atoms. The Hall–Kier alpha value is 0.602. The van der Waals surface area contributed by atoms with Gasteiger partial charge in [-0.1, -0.05) is 0 Å². The van der Waals surface area contributed by atoms with E-state index >= 15 is 0 Å². The molecule has 0 saturated carbocycles. The van der Waals surface area contributed by atoms with Gasteiger partial charge in [-0.3, -0.25) is 0 Å². The summed E-state index contributed by atoms with van der Waals surface area (Å²) >= 11 is 10.4. The van der Waals surface area contributed by atoms with Crippen LogP contribution in [0.3, 0.4) is 0 Å². The molecule has 0 spiro atoms. The third kappa shape index (κ3) is 3.65. The van der Waals surface area contributed by atoms with Crippen LogP contribution in [0.4, 0.5) is 0 Å². The van der Waals surface area contributed by atoms with Crippen LogP contribution in [-0.2, 0) is 24.6 Å². The molecule has 0 amide bonds. The van der Waals surface area contributed by atoms with Crippen molar-refractivity contribution in [2.24, 2.45) is 0 Å². The zero-order valence-corrected chi connectivity index (χ0v) is 18.9. The van der Waals surface area contributed by atoms with Gasteiger partial charge in [0.25, 0.3) is 0 Å². The molecule has 0 fully saturated rings.